The molecule has 0 spiro atoms. The molecule has 0 radical (unpaired) electrons. The second-order valence-corrected chi connectivity index (χ2v) is 24.8. The van der Waals surface area contributed by atoms with E-state index in [-0.39, 0.29) is 110 Å². The topological polar surface area (TPSA) is 275 Å². The van der Waals surface area contributed by atoms with Crippen LogP contribution < -0.4 is 25.8 Å². The third kappa shape index (κ3) is 26.9. The molecule has 0 aromatic heterocycles. The number of carbonyl (C=O) groups excluding carboxylic acids is 7. The highest BCUT2D eigenvalue weighted by molar-refractivity contribution is 5.99. The number of carbonyl (C=O) groups is 8. The van der Waals surface area contributed by atoms with Gasteiger partial charge in [-0.05, 0) is 121 Å². The average molecular weight is 1310 g/mol. The van der Waals surface area contributed by atoms with E-state index in [1.165, 1.54) is 0 Å². The molecule has 8 rings (SSSR count). The highest BCUT2D eigenvalue weighted by Gasteiger charge is 2.51. The van der Waals surface area contributed by atoms with Crippen molar-refractivity contribution in [2.24, 2.45) is 23.5 Å². The summed E-state index contributed by atoms with van der Waals surface area (Å²) >= 11 is 0. The molecule has 5 N–H and O–H groups in total. The number of nitrogens with two attached hydrogens (primary N) is 1. The summed E-state index contributed by atoms with van der Waals surface area (Å²) in [5.41, 5.74) is 7.56. The number of aliphatic carboxylic acids is 1. The number of carboxylic acid groups (broad SMARTS) is 1. The number of halogens is 3. The number of ether oxygens (including phenoxy) is 6. The second-order valence-electron chi connectivity index (χ2n) is 24.8. The Morgan fingerprint density at radius 3 is 1.22 bits per heavy atom. The van der Waals surface area contributed by atoms with Crippen LogP contribution in [0.3, 0.4) is 0 Å². The van der Waals surface area contributed by atoms with Crippen LogP contribution in [-0.4, -0.2) is 182 Å². The van der Waals surface area contributed by atoms with Gasteiger partial charge in [0.15, 0.2) is 11.6 Å². The number of benzene rings is 4. The molecular weight excluding hydrogens is 1210 g/mol. The van der Waals surface area contributed by atoms with E-state index >= 15 is 0 Å². The van der Waals surface area contributed by atoms with Crippen LogP contribution in [-0.2, 0) is 83.0 Å². The highest BCUT2D eigenvalue weighted by Crippen LogP contribution is 2.31. The molecule has 20 nitrogen and oxygen atoms in total. The number of nitrogens with zero attached hydrogens (tertiary/aromatic N) is 2. The Bertz CT molecular complexity index is 2970. The predicted octanol–water partition coefficient (Wildman–Crippen LogP) is 7.66. The number of hydrogen-bond acceptors (Lipinski definition) is 17. The van der Waals surface area contributed by atoms with Gasteiger partial charge in [-0.2, -0.15) is 0 Å². The molecular formula is C70H98F3N5O15. The minimum Gasteiger partial charge on any atom is -0.497 e. The maximum atomic E-state index is 13.9. The lowest BCUT2D eigenvalue weighted by Crippen LogP contribution is -2.50. The summed E-state index contributed by atoms with van der Waals surface area (Å²) < 4.78 is 48.5. The van der Waals surface area contributed by atoms with Crippen LogP contribution in [0.5, 0.6) is 11.5 Å². The van der Waals surface area contributed by atoms with Gasteiger partial charge in [0.25, 0.3) is 0 Å². The first kappa shape index (κ1) is 80.0. The van der Waals surface area contributed by atoms with E-state index in [9.17, 15) is 38.4 Å². The van der Waals surface area contributed by atoms with Crippen molar-refractivity contribution in [1.82, 2.24) is 20.4 Å². The fourth-order valence-electron chi connectivity index (χ4n) is 11.2. The van der Waals surface area contributed by atoms with E-state index in [0.29, 0.717) is 63.5 Å². The number of epoxide rings is 2. The molecule has 4 aliphatic heterocycles. The Hall–Kier alpha value is -7.25. The first-order valence-electron chi connectivity index (χ1n) is 31.0. The lowest BCUT2D eigenvalue weighted by Gasteiger charge is -2.34. The third-order valence-electron chi connectivity index (χ3n) is 16.3. The summed E-state index contributed by atoms with van der Waals surface area (Å²) in [7, 11) is 3.17. The van der Waals surface area contributed by atoms with Gasteiger partial charge in [-0.15, -0.1) is 0 Å². The van der Waals surface area contributed by atoms with Crippen molar-refractivity contribution < 1.29 is 85.7 Å². The zero-order valence-corrected chi connectivity index (χ0v) is 54.6. The molecule has 4 heterocycles. The number of ketones is 5. The molecule has 4 aliphatic rings. The lowest BCUT2D eigenvalue weighted by atomic mass is 9.87. The Labute approximate surface area is 545 Å². The van der Waals surface area contributed by atoms with Gasteiger partial charge in [-0.1, -0.05) is 99.3 Å². The van der Waals surface area contributed by atoms with Gasteiger partial charge < -0.3 is 49.9 Å². The molecule has 2 amide bonds. The minimum absolute atomic E-state index is 0. The zero-order valence-electron chi connectivity index (χ0n) is 54.6. The molecule has 0 bridgehead atoms. The second kappa shape index (κ2) is 38.8. The minimum atomic E-state index is -0.918. The Morgan fingerprint density at radius 2 is 0.892 bits per heavy atom. The predicted molar refractivity (Wildman–Crippen MR) is 347 cm³/mol. The summed E-state index contributed by atoms with van der Waals surface area (Å²) in [6, 6.07) is 31.5. The fourth-order valence-corrected chi connectivity index (χ4v) is 11.2. The third-order valence-corrected chi connectivity index (χ3v) is 16.3. The summed E-state index contributed by atoms with van der Waals surface area (Å²) in [5, 5.41) is 14.4. The molecule has 23 heteroatoms. The largest absolute Gasteiger partial charge is 0.497 e. The first-order chi connectivity index (χ1) is 43.2. The maximum Gasteiger partial charge on any atom is 0.317 e. The van der Waals surface area contributed by atoms with E-state index in [1.54, 1.807) is 41.9 Å². The Kier molecular flexibility index (Phi) is 33.4. The molecule has 0 unspecified atom stereocenters. The van der Waals surface area contributed by atoms with Gasteiger partial charge in [-0.25, -0.2) is 0 Å². The normalized spacial score (nSPS) is 22.4. The van der Waals surface area contributed by atoms with Crippen LogP contribution in [0.25, 0.3) is 0 Å². The van der Waals surface area contributed by atoms with E-state index in [4.69, 9.17) is 48.4 Å². The van der Waals surface area contributed by atoms with Crippen molar-refractivity contribution in [3.8, 4) is 11.5 Å². The van der Waals surface area contributed by atoms with Gasteiger partial charge in [0, 0.05) is 72.3 Å². The molecule has 0 aliphatic carbocycles. The van der Waals surface area contributed by atoms with E-state index < -0.39 is 53.1 Å². The number of amides is 2. The van der Waals surface area contributed by atoms with Crippen molar-refractivity contribution in [1.29, 1.82) is 0 Å². The van der Waals surface area contributed by atoms with Gasteiger partial charge in [0.05, 0.1) is 83.1 Å². The van der Waals surface area contributed by atoms with Crippen molar-refractivity contribution in [2.45, 2.75) is 162 Å². The van der Waals surface area contributed by atoms with Crippen LogP contribution in [0.4, 0.5) is 13.9 Å². The van der Waals surface area contributed by atoms with Gasteiger partial charge >= 0.3 is 5.97 Å². The summed E-state index contributed by atoms with van der Waals surface area (Å²) in [6.07, 6.45) is 1.76. The fraction of sp³-hybridized carbons (Fsp3) is 0.543. The van der Waals surface area contributed by atoms with Gasteiger partial charge in [-0.3, -0.25) is 52.9 Å². The van der Waals surface area contributed by atoms with Crippen molar-refractivity contribution in [2.75, 3.05) is 66.7 Å². The number of hydrogen-bond donors (Lipinski definition) is 4. The quantitative estimate of drug-likeness (QED) is 0.0365. The molecule has 4 aromatic carbocycles. The summed E-state index contributed by atoms with van der Waals surface area (Å²) in [4.78, 5) is 107. The maximum absolute atomic E-state index is 13.9. The van der Waals surface area contributed by atoms with E-state index in [0.717, 1.165) is 35.3 Å². The molecule has 514 valence electrons. The standard InChI is InChI=1S/C35H46N2O7.C26H32N2O5.C8H15NO3.CH4.F2.FH/c1-23(15-29(38)21-37-19-24(2)44-25(3)20-37)32(39)18-28(16-27-11-13-30(42-5)14-12-27)34(41)36-31(33(40)35(4)22-43-35)17-26-9-7-6-8-10-26;1-17(27)23(29)15-20(13-19-9-11-21(32-3)12-10-19)25(31)28-22(24(30)26(2)16-33-26)14-18-7-5-4-6-8-18;1-6-3-9(5-8(10)11)4-7(2)12-6;;1-2;/h6-14,23-25,28,31H,15-22H2,1-5H3,(H,36,41);4-12,17,20,22H,13-16,27H2,1-3H3,(H,28,31);6-7H,3-5H2,1-2H3,(H,10,11);1H4;;1H/t23-,24-,25+,28-,31+,35-;17-,20+,22-,26+;6-,7+;;;/m10..../s1. The molecule has 4 fully saturated rings. The number of nitrogens with one attached hydrogen (secondary N) is 2. The van der Waals surface area contributed by atoms with Crippen molar-refractivity contribution in [3.63, 3.8) is 0 Å². The molecule has 4 aromatic rings. The Balaban J connectivity index is 0.000000404. The lowest BCUT2D eigenvalue weighted by molar-refractivity contribution is -0.141. The van der Waals surface area contributed by atoms with Crippen LogP contribution in [0.15, 0.2) is 109 Å². The van der Waals surface area contributed by atoms with Crippen molar-refractivity contribution in [3.05, 3.63) is 131 Å². The highest BCUT2D eigenvalue weighted by atomic mass is 20.0. The summed E-state index contributed by atoms with van der Waals surface area (Å²) in [5.74, 6) is -2.73. The van der Waals surface area contributed by atoms with E-state index in [1.807, 2.05) is 142 Å². The van der Waals surface area contributed by atoms with Crippen molar-refractivity contribution >= 4 is 46.7 Å². The molecule has 0 saturated carbocycles. The van der Waals surface area contributed by atoms with Gasteiger partial charge in [0.2, 0.25) is 11.8 Å². The van der Waals surface area contributed by atoms with Crippen LogP contribution in [0.1, 0.15) is 104 Å². The van der Waals surface area contributed by atoms with Gasteiger partial charge in [0.1, 0.15) is 40.1 Å². The number of rotatable bonds is 30. The van der Waals surface area contributed by atoms with Crippen LogP contribution in [0, 0.1) is 17.8 Å². The van der Waals surface area contributed by atoms with E-state index in [2.05, 4.69) is 15.5 Å². The summed E-state index contributed by atoms with van der Waals surface area (Å²) in [6.45, 7) is 18.6. The number of morpholine rings is 2. The smallest absolute Gasteiger partial charge is 0.317 e. The number of methoxy groups -OCH3 is 2. The SMILES string of the molecule is C.COc1ccc(C[C@H](CC(=O)[C@H](C)CC(=O)CN2C[C@@H](C)O[C@@H](C)C2)C(=O)N[C@@H](Cc2ccccc2)C(=O)[C@@]2(C)CO2)cc1.COc1ccc(C[C@H](CC(=O)[C@H](C)N)C(=O)N[C@@H](Cc2ccccc2)C(=O)[C@@]2(C)CO2)cc1.C[C@@H]1CN(CC(=O)O)C[C@H](C)O1.F.FF. The monoisotopic (exact) mass is 1310 g/mol. The van der Waals surface area contributed by atoms with Crippen LogP contribution in [0.2, 0.25) is 0 Å². The van der Waals surface area contributed by atoms with Crippen LogP contribution >= 0.6 is 0 Å². The first-order valence-corrected chi connectivity index (χ1v) is 31.0. The average Bonchev–Trinajstić information content (AvgIpc) is 1.66. The number of Topliss-reactive ketones (excluding diaryl/α,β-unsaturated/α-hetero) is 5. The molecule has 12 atom stereocenters. The zero-order chi connectivity index (χ0) is 67.0. The molecule has 93 heavy (non-hydrogen) atoms. The number of carboxylic acids is 1. The molecule has 4 saturated heterocycles. The Morgan fingerprint density at radius 1 is 0.559 bits per heavy atom.